The summed E-state index contributed by atoms with van der Waals surface area (Å²) in [6.07, 6.45) is 1.02. The number of hydrogen-bond donors (Lipinski definition) is 1. The SMILES string of the molecule is CCCNc1nc(OCC)nc(-c2ccc(C)s2)n1. The summed E-state index contributed by atoms with van der Waals surface area (Å²) < 4.78 is 5.40. The Labute approximate surface area is 117 Å². The predicted octanol–water partition coefficient (Wildman–Crippen LogP) is 3.13. The maximum Gasteiger partial charge on any atom is 0.321 e. The molecule has 6 heteroatoms. The molecule has 0 saturated carbocycles. The highest BCUT2D eigenvalue weighted by atomic mass is 32.1. The maximum absolute atomic E-state index is 5.40. The van der Waals surface area contributed by atoms with E-state index in [-0.39, 0.29) is 0 Å². The zero-order valence-electron chi connectivity index (χ0n) is 11.4. The van der Waals surface area contributed by atoms with Crippen molar-refractivity contribution >= 4 is 17.3 Å². The van der Waals surface area contributed by atoms with Crippen molar-refractivity contribution in [2.24, 2.45) is 0 Å². The number of aryl methyl sites for hydroxylation is 1. The molecule has 0 saturated heterocycles. The number of hydrogen-bond acceptors (Lipinski definition) is 6. The molecule has 1 N–H and O–H groups in total. The molecule has 0 spiro atoms. The largest absolute Gasteiger partial charge is 0.464 e. The van der Waals surface area contributed by atoms with Gasteiger partial charge in [0.25, 0.3) is 0 Å². The van der Waals surface area contributed by atoms with E-state index < -0.39 is 0 Å². The Kier molecular flexibility index (Phi) is 4.68. The van der Waals surface area contributed by atoms with Crippen molar-refractivity contribution in [1.82, 2.24) is 15.0 Å². The van der Waals surface area contributed by atoms with E-state index in [1.54, 1.807) is 11.3 Å². The third kappa shape index (κ3) is 3.64. The molecule has 0 fully saturated rings. The lowest BCUT2D eigenvalue weighted by molar-refractivity contribution is 0.312. The van der Waals surface area contributed by atoms with Crippen LogP contribution in [0.5, 0.6) is 6.01 Å². The van der Waals surface area contributed by atoms with Crippen LogP contribution in [0.15, 0.2) is 12.1 Å². The summed E-state index contributed by atoms with van der Waals surface area (Å²) in [6, 6.07) is 4.45. The van der Waals surface area contributed by atoms with Crippen molar-refractivity contribution in [3.63, 3.8) is 0 Å². The predicted molar refractivity (Wildman–Crippen MR) is 77.8 cm³/mol. The van der Waals surface area contributed by atoms with Crippen molar-refractivity contribution in [3.05, 3.63) is 17.0 Å². The number of anilines is 1. The van der Waals surface area contributed by atoms with E-state index in [1.165, 1.54) is 4.88 Å². The van der Waals surface area contributed by atoms with Gasteiger partial charge in [-0.05, 0) is 32.4 Å². The standard InChI is InChI=1S/C13H18N4OS/c1-4-8-14-12-15-11(10-7-6-9(3)19-10)16-13(17-12)18-5-2/h6-7H,4-5,8H2,1-3H3,(H,14,15,16,17). The Morgan fingerprint density at radius 3 is 2.68 bits per heavy atom. The highest BCUT2D eigenvalue weighted by Crippen LogP contribution is 2.26. The molecule has 0 aromatic carbocycles. The fourth-order valence-electron chi connectivity index (χ4n) is 1.53. The summed E-state index contributed by atoms with van der Waals surface area (Å²) in [6.45, 7) is 7.45. The zero-order valence-corrected chi connectivity index (χ0v) is 12.3. The van der Waals surface area contributed by atoms with Crippen LogP contribution < -0.4 is 10.1 Å². The third-order valence-electron chi connectivity index (χ3n) is 2.38. The van der Waals surface area contributed by atoms with Crippen molar-refractivity contribution < 1.29 is 4.74 Å². The monoisotopic (exact) mass is 278 g/mol. The molecule has 0 aliphatic heterocycles. The highest BCUT2D eigenvalue weighted by Gasteiger charge is 2.10. The Bertz CT molecular complexity index is 541. The van der Waals surface area contributed by atoms with E-state index in [0.29, 0.717) is 24.4 Å². The molecule has 0 radical (unpaired) electrons. The zero-order chi connectivity index (χ0) is 13.7. The van der Waals surface area contributed by atoms with Crippen molar-refractivity contribution in [1.29, 1.82) is 0 Å². The minimum atomic E-state index is 0.372. The fraction of sp³-hybridized carbons (Fsp3) is 0.462. The van der Waals surface area contributed by atoms with Crippen LogP contribution in [-0.4, -0.2) is 28.1 Å². The molecule has 0 aliphatic carbocycles. The summed E-state index contributed by atoms with van der Waals surface area (Å²) in [4.78, 5) is 15.3. The van der Waals surface area contributed by atoms with Gasteiger partial charge in [-0.25, -0.2) is 0 Å². The number of rotatable bonds is 6. The molecule has 19 heavy (non-hydrogen) atoms. The molecule has 2 aromatic rings. The molecule has 2 aromatic heterocycles. The second kappa shape index (κ2) is 6.47. The number of ether oxygens (including phenoxy) is 1. The van der Waals surface area contributed by atoms with Crippen LogP contribution in [0.3, 0.4) is 0 Å². The summed E-state index contributed by atoms with van der Waals surface area (Å²) in [5, 5.41) is 3.17. The quantitative estimate of drug-likeness (QED) is 0.879. The van der Waals surface area contributed by atoms with Gasteiger partial charge in [0.1, 0.15) is 0 Å². The van der Waals surface area contributed by atoms with Crippen LogP contribution in [0.25, 0.3) is 10.7 Å². The van der Waals surface area contributed by atoms with Gasteiger partial charge in [0.2, 0.25) is 5.95 Å². The van der Waals surface area contributed by atoms with E-state index in [4.69, 9.17) is 4.74 Å². The first-order chi connectivity index (χ1) is 9.22. The highest BCUT2D eigenvalue weighted by molar-refractivity contribution is 7.15. The molecule has 5 nitrogen and oxygen atoms in total. The van der Waals surface area contributed by atoms with E-state index >= 15 is 0 Å². The average molecular weight is 278 g/mol. The van der Waals surface area contributed by atoms with Gasteiger partial charge >= 0.3 is 6.01 Å². The number of nitrogens with zero attached hydrogens (tertiary/aromatic N) is 3. The molecule has 2 rings (SSSR count). The average Bonchev–Trinajstić information content (AvgIpc) is 2.83. The van der Waals surface area contributed by atoms with Crippen molar-refractivity contribution in [2.45, 2.75) is 27.2 Å². The van der Waals surface area contributed by atoms with Gasteiger partial charge < -0.3 is 10.1 Å². The maximum atomic E-state index is 5.40. The minimum absolute atomic E-state index is 0.372. The smallest absolute Gasteiger partial charge is 0.321 e. The number of aromatic nitrogens is 3. The lowest BCUT2D eigenvalue weighted by Gasteiger charge is -2.07. The topological polar surface area (TPSA) is 59.9 Å². The summed E-state index contributed by atoms with van der Waals surface area (Å²) >= 11 is 1.66. The molecule has 0 amide bonds. The Balaban J connectivity index is 2.33. The van der Waals surface area contributed by atoms with Gasteiger partial charge in [0.05, 0.1) is 11.5 Å². The van der Waals surface area contributed by atoms with Crippen LogP contribution in [0.1, 0.15) is 25.1 Å². The molecule has 0 atom stereocenters. The van der Waals surface area contributed by atoms with Crippen molar-refractivity contribution in [3.8, 4) is 16.7 Å². The minimum Gasteiger partial charge on any atom is -0.464 e. The van der Waals surface area contributed by atoms with E-state index in [2.05, 4.69) is 40.2 Å². The van der Waals surface area contributed by atoms with Crippen molar-refractivity contribution in [2.75, 3.05) is 18.5 Å². The number of thiophene rings is 1. The second-order valence-electron chi connectivity index (χ2n) is 4.04. The summed E-state index contributed by atoms with van der Waals surface area (Å²) in [5.41, 5.74) is 0. The fourth-order valence-corrected chi connectivity index (χ4v) is 2.33. The molecule has 0 aliphatic rings. The van der Waals surface area contributed by atoms with Gasteiger partial charge in [-0.3, -0.25) is 0 Å². The van der Waals surface area contributed by atoms with Gasteiger partial charge in [-0.1, -0.05) is 6.92 Å². The second-order valence-corrected chi connectivity index (χ2v) is 5.32. The summed E-state index contributed by atoms with van der Waals surface area (Å²) in [7, 11) is 0. The van der Waals surface area contributed by atoms with E-state index in [9.17, 15) is 0 Å². The Morgan fingerprint density at radius 1 is 1.21 bits per heavy atom. The lowest BCUT2D eigenvalue weighted by atomic mass is 10.4. The van der Waals surface area contributed by atoms with Crippen LogP contribution >= 0.6 is 11.3 Å². The van der Waals surface area contributed by atoms with E-state index in [1.807, 2.05) is 13.0 Å². The molecule has 0 unspecified atom stereocenters. The van der Waals surface area contributed by atoms with Crippen LogP contribution in [-0.2, 0) is 0 Å². The first-order valence-corrected chi connectivity index (χ1v) is 7.24. The van der Waals surface area contributed by atoms with Crippen LogP contribution in [0, 0.1) is 6.92 Å². The first kappa shape index (κ1) is 13.7. The van der Waals surface area contributed by atoms with Gasteiger partial charge in [-0.15, -0.1) is 11.3 Å². The van der Waals surface area contributed by atoms with Gasteiger partial charge in [0, 0.05) is 11.4 Å². The molecular weight excluding hydrogens is 260 g/mol. The Hall–Kier alpha value is -1.69. The van der Waals surface area contributed by atoms with Gasteiger partial charge in [0.15, 0.2) is 5.82 Å². The van der Waals surface area contributed by atoms with Crippen LogP contribution in [0.4, 0.5) is 5.95 Å². The molecule has 102 valence electrons. The number of nitrogens with one attached hydrogen (secondary N) is 1. The Morgan fingerprint density at radius 2 is 2.05 bits per heavy atom. The lowest BCUT2D eigenvalue weighted by Crippen LogP contribution is -2.08. The molecular formula is C13H18N4OS. The summed E-state index contributed by atoms with van der Waals surface area (Å²) in [5.74, 6) is 1.23. The van der Waals surface area contributed by atoms with E-state index in [0.717, 1.165) is 17.8 Å². The van der Waals surface area contributed by atoms with Crippen LogP contribution in [0.2, 0.25) is 0 Å². The molecule has 2 heterocycles. The molecule has 0 bridgehead atoms. The third-order valence-corrected chi connectivity index (χ3v) is 3.38. The first-order valence-electron chi connectivity index (χ1n) is 6.42. The van der Waals surface area contributed by atoms with Gasteiger partial charge in [-0.2, -0.15) is 15.0 Å². The normalized spacial score (nSPS) is 10.5.